The molecule has 190 valence electrons. The third kappa shape index (κ3) is 5.66. The molecule has 0 aliphatic heterocycles. The van der Waals surface area contributed by atoms with Crippen LogP contribution in [0, 0.1) is 12.8 Å². The molecular weight excluding hydrogens is 462 g/mol. The van der Waals surface area contributed by atoms with Crippen LogP contribution in [0.3, 0.4) is 0 Å². The maximum atomic E-state index is 6.17. The molecule has 0 saturated carbocycles. The molecule has 3 aromatic carbocycles. The summed E-state index contributed by atoms with van der Waals surface area (Å²) >= 11 is 0. The quantitative estimate of drug-likeness (QED) is 0.215. The highest BCUT2D eigenvalue weighted by Crippen LogP contribution is 2.32. The van der Waals surface area contributed by atoms with Gasteiger partial charge in [0.15, 0.2) is 0 Å². The van der Waals surface area contributed by atoms with E-state index in [9.17, 15) is 0 Å². The van der Waals surface area contributed by atoms with Crippen molar-refractivity contribution in [3.63, 3.8) is 0 Å². The Hall–Kier alpha value is -4.13. The molecule has 0 saturated heterocycles. The fraction of sp³-hybridized carbons (Fsp3) is 0.300. The zero-order valence-corrected chi connectivity index (χ0v) is 21.9. The van der Waals surface area contributed by atoms with E-state index in [0.29, 0.717) is 12.5 Å². The first kappa shape index (κ1) is 24.6. The molecule has 2 heterocycles. The first-order chi connectivity index (χ1) is 18.0. The lowest BCUT2D eigenvalue weighted by atomic mass is 10.1. The van der Waals surface area contributed by atoms with E-state index < -0.39 is 0 Å². The van der Waals surface area contributed by atoms with E-state index in [1.165, 1.54) is 19.3 Å². The Balaban J connectivity index is 1.31. The number of aryl methyl sites for hydroxylation is 2. The van der Waals surface area contributed by atoms with Crippen LogP contribution in [-0.4, -0.2) is 26.1 Å². The number of rotatable bonds is 10. The van der Waals surface area contributed by atoms with Gasteiger partial charge in [0.05, 0.1) is 29.5 Å². The highest BCUT2D eigenvalue weighted by molar-refractivity contribution is 5.91. The molecule has 0 aliphatic carbocycles. The summed E-state index contributed by atoms with van der Waals surface area (Å²) in [7, 11) is 1.98. The van der Waals surface area contributed by atoms with E-state index in [2.05, 4.69) is 40.2 Å². The summed E-state index contributed by atoms with van der Waals surface area (Å²) < 4.78 is 14.3. The van der Waals surface area contributed by atoms with Gasteiger partial charge in [0.2, 0.25) is 0 Å². The molecule has 1 N–H and O–H groups in total. The maximum Gasteiger partial charge on any atom is 0.141 e. The summed E-state index contributed by atoms with van der Waals surface area (Å²) in [6, 6.07) is 17.9. The van der Waals surface area contributed by atoms with Gasteiger partial charge in [-0.15, -0.1) is 0 Å². The zero-order valence-electron chi connectivity index (χ0n) is 21.9. The van der Waals surface area contributed by atoms with Crippen molar-refractivity contribution in [3.8, 4) is 17.2 Å². The van der Waals surface area contributed by atoms with Crippen molar-refractivity contribution < 1.29 is 9.47 Å². The zero-order chi connectivity index (χ0) is 25.8. The fourth-order valence-electron chi connectivity index (χ4n) is 4.38. The topological polar surface area (TPSA) is 74.1 Å². The number of benzene rings is 3. The Labute approximate surface area is 217 Å². The van der Waals surface area contributed by atoms with Crippen molar-refractivity contribution in [1.82, 2.24) is 19.5 Å². The van der Waals surface area contributed by atoms with Gasteiger partial charge in [0.1, 0.15) is 29.4 Å². The number of ether oxygens (including phenoxy) is 2. The van der Waals surface area contributed by atoms with E-state index >= 15 is 0 Å². The second-order valence-electron chi connectivity index (χ2n) is 9.67. The molecule has 37 heavy (non-hydrogen) atoms. The summed E-state index contributed by atoms with van der Waals surface area (Å²) in [6.07, 6.45) is 7.00. The van der Waals surface area contributed by atoms with Crippen molar-refractivity contribution >= 4 is 33.4 Å². The average Bonchev–Trinajstić information content (AvgIpc) is 3.27. The molecule has 1 unspecified atom stereocenters. The van der Waals surface area contributed by atoms with Gasteiger partial charge in [-0.05, 0) is 73.4 Å². The number of imidazole rings is 1. The first-order valence-electron chi connectivity index (χ1n) is 12.8. The summed E-state index contributed by atoms with van der Waals surface area (Å²) in [5.74, 6) is 3.64. The van der Waals surface area contributed by atoms with Crippen LogP contribution in [0.4, 0.5) is 11.5 Å². The van der Waals surface area contributed by atoms with Gasteiger partial charge in [0.25, 0.3) is 0 Å². The van der Waals surface area contributed by atoms with E-state index in [4.69, 9.17) is 9.47 Å². The number of nitrogens with one attached hydrogen (secondary N) is 1. The molecule has 0 aliphatic rings. The standard InChI is InChI=1S/C30H33N5O2/c1-5-6-7-20(2)17-36-23-9-11-26-25(15-23)30(32-18-31-26)34-22-8-13-29(21(3)14-22)37-24-10-12-28-27(16-24)33-19-35(28)4/h8-16,18-20H,5-7,17H2,1-4H3,(H,31,32,34). The van der Waals surface area contributed by atoms with Crippen LogP contribution in [0.25, 0.3) is 21.9 Å². The van der Waals surface area contributed by atoms with Crippen molar-refractivity contribution in [2.45, 2.75) is 40.0 Å². The largest absolute Gasteiger partial charge is 0.493 e. The molecule has 0 amide bonds. The summed E-state index contributed by atoms with van der Waals surface area (Å²) in [5, 5.41) is 4.37. The fourth-order valence-corrected chi connectivity index (χ4v) is 4.38. The Bertz CT molecular complexity index is 1530. The van der Waals surface area contributed by atoms with Crippen LogP contribution in [-0.2, 0) is 7.05 Å². The average molecular weight is 496 g/mol. The van der Waals surface area contributed by atoms with Gasteiger partial charge in [0, 0.05) is 24.2 Å². The molecule has 0 radical (unpaired) electrons. The van der Waals surface area contributed by atoms with Crippen LogP contribution in [0.2, 0.25) is 0 Å². The molecule has 7 nitrogen and oxygen atoms in total. The molecule has 0 bridgehead atoms. The highest BCUT2D eigenvalue weighted by Gasteiger charge is 2.10. The monoisotopic (exact) mass is 495 g/mol. The van der Waals surface area contributed by atoms with Crippen molar-refractivity contribution in [3.05, 3.63) is 72.8 Å². The SMILES string of the molecule is CCCCC(C)COc1ccc2ncnc(Nc3ccc(Oc4ccc5c(c4)ncn5C)c(C)c3)c2c1. The summed E-state index contributed by atoms with van der Waals surface area (Å²) in [6.45, 7) is 7.19. The van der Waals surface area contributed by atoms with Crippen molar-refractivity contribution in [2.24, 2.45) is 13.0 Å². The second kappa shape index (κ2) is 10.9. The lowest BCUT2D eigenvalue weighted by Crippen LogP contribution is -2.08. The van der Waals surface area contributed by atoms with Crippen LogP contribution >= 0.6 is 0 Å². The maximum absolute atomic E-state index is 6.17. The van der Waals surface area contributed by atoms with Crippen LogP contribution in [0.1, 0.15) is 38.7 Å². The second-order valence-corrected chi connectivity index (χ2v) is 9.67. The van der Waals surface area contributed by atoms with E-state index in [1.807, 2.05) is 67.1 Å². The number of hydrogen-bond donors (Lipinski definition) is 1. The number of hydrogen-bond acceptors (Lipinski definition) is 6. The molecule has 2 aromatic heterocycles. The number of aromatic nitrogens is 4. The molecule has 1 atom stereocenters. The van der Waals surface area contributed by atoms with Crippen LogP contribution in [0.5, 0.6) is 17.2 Å². The Morgan fingerprint density at radius 2 is 1.81 bits per heavy atom. The molecule has 5 rings (SSSR count). The Kier molecular flexibility index (Phi) is 7.21. The minimum absolute atomic E-state index is 0.523. The van der Waals surface area contributed by atoms with Crippen molar-refractivity contribution in [2.75, 3.05) is 11.9 Å². The molecule has 5 aromatic rings. The highest BCUT2D eigenvalue weighted by atomic mass is 16.5. The van der Waals surface area contributed by atoms with Gasteiger partial charge in [-0.3, -0.25) is 0 Å². The van der Waals surface area contributed by atoms with Crippen LogP contribution < -0.4 is 14.8 Å². The third-order valence-electron chi connectivity index (χ3n) is 6.55. The number of fused-ring (bicyclic) bond motifs is 2. The predicted octanol–water partition coefficient (Wildman–Crippen LogP) is 7.57. The number of nitrogens with zero attached hydrogens (tertiary/aromatic N) is 4. The first-order valence-corrected chi connectivity index (χ1v) is 12.8. The molecule has 0 fully saturated rings. The van der Waals surface area contributed by atoms with Gasteiger partial charge >= 0.3 is 0 Å². The molecular formula is C30H33N5O2. The Morgan fingerprint density at radius 3 is 2.65 bits per heavy atom. The molecule has 0 spiro atoms. The number of unbranched alkanes of at least 4 members (excludes halogenated alkanes) is 1. The van der Waals surface area contributed by atoms with E-state index in [-0.39, 0.29) is 0 Å². The predicted molar refractivity (Wildman–Crippen MR) is 149 cm³/mol. The van der Waals surface area contributed by atoms with Gasteiger partial charge in [-0.2, -0.15) is 0 Å². The van der Waals surface area contributed by atoms with E-state index in [1.54, 1.807) is 12.7 Å². The molecule has 7 heteroatoms. The smallest absolute Gasteiger partial charge is 0.141 e. The minimum Gasteiger partial charge on any atom is -0.493 e. The lowest BCUT2D eigenvalue weighted by Gasteiger charge is -2.14. The number of anilines is 2. The normalized spacial score (nSPS) is 12.1. The Morgan fingerprint density at radius 1 is 0.946 bits per heavy atom. The van der Waals surface area contributed by atoms with Gasteiger partial charge in [-0.25, -0.2) is 15.0 Å². The lowest BCUT2D eigenvalue weighted by molar-refractivity contribution is 0.250. The third-order valence-corrected chi connectivity index (χ3v) is 6.55. The van der Waals surface area contributed by atoms with E-state index in [0.717, 1.165) is 56.3 Å². The summed E-state index contributed by atoms with van der Waals surface area (Å²) in [5.41, 5.74) is 4.77. The minimum atomic E-state index is 0.523. The summed E-state index contributed by atoms with van der Waals surface area (Å²) in [4.78, 5) is 13.4. The van der Waals surface area contributed by atoms with Crippen molar-refractivity contribution in [1.29, 1.82) is 0 Å². The van der Waals surface area contributed by atoms with Gasteiger partial charge in [-0.1, -0.05) is 26.7 Å². The van der Waals surface area contributed by atoms with Gasteiger partial charge < -0.3 is 19.4 Å². The van der Waals surface area contributed by atoms with Crippen LogP contribution in [0.15, 0.2) is 67.3 Å².